The number of aryl methyl sites for hydroxylation is 3. The normalized spacial score (nSPS) is 12.5. The molecule has 0 atom stereocenters. The van der Waals surface area contributed by atoms with Gasteiger partial charge in [-0.05, 0) is 36.0 Å². The Balaban J connectivity index is 2.47. The van der Waals surface area contributed by atoms with Crippen LogP contribution < -0.4 is 4.72 Å². The van der Waals surface area contributed by atoms with Crippen LogP contribution >= 0.6 is 0 Å². The lowest BCUT2D eigenvalue weighted by atomic mass is 9.85. The van der Waals surface area contributed by atoms with Gasteiger partial charge in [0, 0.05) is 6.92 Å². The van der Waals surface area contributed by atoms with Gasteiger partial charge in [0.1, 0.15) is 0 Å². The maximum Gasteiger partial charge on any atom is 0.329 e. The average molecular weight is 323 g/mol. The molecule has 1 heterocycles. The molecule has 1 aromatic heterocycles. The maximum absolute atomic E-state index is 12.6. The molecule has 7 heteroatoms. The summed E-state index contributed by atoms with van der Waals surface area (Å²) in [5.41, 5.74) is 2.42. The minimum absolute atomic E-state index is 0.0468. The molecule has 0 bridgehead atoms. The monoisotopic (exact) mass is 323 g/mol. The Labute approximate surface area is 131 Å². The SMILES string of the molecule is Cc1nnc(NS(=O)(=O)c2c(C)cc(C(C)(C)C)cc2C)o1. The second-order valence-electron chi connectivity index (χ2n) is 6.42. The Morgan fingerprint density at radius 3 is 2.00 bits per heavy atom. The van der Waals surface area contributed by atoms with E-state index < -0.39 is 10.0 Å². The summed E-state index contributed by atoms with van der Waals surface area (Å²) >= 11 is 0. The van der Waals surface area contributed by atoms with Gasteiger partial charge in [-0.15, -0.1) is 5.10 Å². The molecule has 1 aromatic carbocycles. The zero-order valence-corrected chi connectivity index (χ0v) is 14.5. The van der Waals surface area contributed by atoms with Gasteiger partial charge >= 0.3 is 6.01 Å². The van der Waals surface area contributed by atoms with Crippen molar-refractivity contribution in [3.63, 3.8) is 0 Å². The standard InChI is InChI=1S/C15H21N3O3S/c1-9-7-12(15(4,5)6)8-10(2)13(9)22(19,20)18-14-17-16-11(3)21-14/h7-8H,1-6H3,(H,17,18). The van der Waals surface area contributed by atoms with Crippen molar-refractivity contribution in [1.82, 2.24) is 10.2 Å². The van der Waals surface area contributed by atoms with E-state index in [9.17, 15) is 8.42 Å². The first kappa shape index (κ1) is 16.5. The van der Waals surface area contributed by atoms with Crippen LogP contribution in [0.15, 0.2) is 21.4 Å². The highest BCUT2D eigenvalue weighted by Gasteiger charge is 2.24. The number of hydrogen-bond donors (Lipinski definition) is 1. The van der Waals surface area contributed by atoms with Crippen molar-refractivity contribution in [2.24, 2.45) is 0 Å². The van der Waals surface area contributed by atoms with Crippen LogP contribution in [0.5, 0.6) is 0 Å². The molecule has 0 fully saturated rings. The fourth-order valence-corrected chi connectivity index (χ4v) is 3.69. The Morgan fingerprint density at radius 2 is 1.59 bits per heavy atom. The summed E-state index contributed by atoms with van der Waals surface area (Å²) < 4.78 is 32.6. The second kappa shape index (κ2) is 5.39. The van der Waals surface area contributed by atoms with Gasteiger partial charge in [0.2, 0.25) is 5.89 Å². The first-order valence-electron chi connectivity index (χ1n) is 6.95. The molecular weight excluding hydrogens is 302 g/mol. The van der Waals surface area contributed by atoms with Gasteiger partial charge in [-0.3, -0.25) is 0 Å². The molecular formula is C15H21N3O3S. The van der Waals surface area contributed by atoms with Gasteiger partial charge in [-0.25, -0.2) is 13.1 Å². The number of nitrogens with zero attached hydrogens (tertiary/aromatic N) is 2. The Hall–Kier alpha value is -1.89. The van der Waals surface area contributed by atoms with E-state index in [4.69, 9.17) is 4.42 Å². The molecule has 0 spiro atoms. The largest absolute Gasteiger partial charge is 0.408 e. The van der Waals surface area contributed by atoms with Crippen molar-refractivity contribution in [2.45, 2.75) is 51.9 Å². The highest BCUT2D eigenvalue weighted by atomic mass is 32.2. The third-order valence-corrected chi connectivity index (χ3v) is 4.97. The van der Waals surface area contributed by atoms with E-state index in [-0.39, 0.29) is 16.3 Å². The number of nitrogens with one attached hydrogen (secondary N) is 1. The lowest BCUT2D eigenvalue weighted by molar-refractivity contribution is 0.534. The molecule has 0 amide bonds. The third-order valence-electron chi connectivity index (χ3n) is 3.34. The van der Waals surface area contributed by atoms with Crippen LogP contribution in [0.1, 0.15) is 43.4 Å². The molecule has 0 saturated carbocycles. The van der Waals surface area contributed by atoms with E-state index in [1.807, 2.05) is 12.1 Å². The first-order valence-corrected chi connectivity index (χ1v) is 8.43. The van der Waals surface area contributed by atoms with Crippen molar-refractivity contribution >= 4 is 16.0 Å². The fraction of sp³-hybridized carbons (Fsp3) is 0.467. The summed E-state index contributed by atoms with van der Waals surface area (Å²) in [6, 6.07) is 3.68. The summed E-state index contributed by atoms with van der Waals surface area (Å²) in [4.78, 5) is 0.247. The van der Waals surface area contributed by atoms with E-state index in [1.165, 1.54) is 0 Å². The van der Waals surface area contributed by atoms with Gasteiger partial charge in [0.25, 0.3) is 10.0 Å². The van der Waals surface area contributed by atoms with Gasteiger partial charge < -0.3 is 4.42 Å². The minimum atomic E-state index is -3.77. The van der Waals surface area contributed by atoms with Crippen LogP contribution in [-0.2, 0) is 15.4 Å². The predicted molar refractivity (Wildman–Crippen MR) is 84.5 cm³/mol. The maximum atomic E-state index is 12.6. The van der Waals surface area contributed by atoms with Crippen LogP contribution in [0.25, 0.3) is 0 Å². The predicted octanol–water partition coefficient (Wildman–Crippen LogP) is 3.09. The van der Waals surface area contributed by atoms with E-state index >= 15 is 0 Å². The summed E-state index contributed by atoms with van der Waals surface area (Å²) in [5.74, 6) is 0.300. The van der Waals surface area contributed by atoms with Crippen molar-refractivity contribution in [3.05, 3.63) is 34.7 Å². The average Bonchev–Trinajstić information content (AvgIpc) is 2.71. The Kier molecular flexibility index (Phi) is 4.04. The molecule has 1 N–H and O–H groups in total. The molecule has 0 radical (unpaired) electrons. The molecule has 0 unspecified atom stereocenters. The number of benzene rings is 1. The molecule has 6 nitrogen and oxygen atoms in total. The number of rotatable bonds is 3. The smallest absolute Gasteiger partial charge is 0.329 e. The molecule has 2 rings (SSSR count). The number of hydrogen-bond acceptors (Lipinski definition) is 5. The summed E-state index contributed by atoms with van der Waals surface area (Å²) in [6.45, 7) is 11.4. The van der Waals surface area contributed by atoms with Gasteiger partial charge in [0.05, 0.1) is 4.90 Å². The van der Waals surface area contributed by atoms with Crippen LogP contribution in [0.3, 0.4) is 0 Å². The number of anilines is 1. The fourth-order valence-electron chi connectivity index (χ4n) is 2.31. The summed E-state index contributed by atoms with van der Waals surface area (Å²) in [7, 11) is -3.77. The molecule has 0 aliphatic carbocycles. The van der Waals surface area contributed by atoms with Gasteiger partial charge in [-0.1, -0.05) is 38.0 Å². The van der Waals surface area contributed by atoms with Crippen LogP contribution in [0, 0.1) is 20.8 Å². The molecule has 0 aliphatic heterocycles. The van der Waals surface area contributed by atoms with Gasteiger partial charge in [0.15, 0.2) is 0 Å². The third kappa shape index (κ3) is 3.30. The number of aromatic nitrogens is 2. The van der Waals surface area contributed by atoms with Crippen LogP contribution in [-0.4, -0.2) is 18.6 Å². The minimum Gasteiger partial charge on any atom is -0.408 e. The van der Waals surface area contributed by atoms with E-state index in [0.717, 1.165) is 5.56 Å². The molecule has 2 aromatic rings. The van der Waals surface area contributed by atoms with E-state index in [2.05, 4.69) is 35.7 Å². The van der Waals surface area contributed by atoms with Crippen molar-refractivity contribution in [3.8, 4) is 0 Å². The molecule has 22 heavy (non-hydrogen) atoms. The summed E-state index contributed by atoms with van der Waals surface area (Å²) in [5, 5.41) is 7.28. The van der Waals surface area contributed by atoms with Crippen LogP contribution in [0.2, 0.25) is 0 Å². The zero-order valence-electron chi connectivity index (χ0n) is 13.7. The lowest BCUT2D eigenvalue weighted by Gasteiger charge is -2.22. The Morgan fingerprint density at radius 1 is 1.05 bits per heavy atom. The van der Waals surface area contributed by atoms with Crippen LogP contribution in [0.4, 0.5) is 6.01 Å². The highest BCUT2D eigenvalue weighted by molar-refractivity contribution is 7.92. The molecule has 0 aliphatic rings. The molecule has 0 saturated heterocycles. The summed E-state index contributed by atoms with van der Waals surface area (Å²) in [6.07, 6.45) is 0. The first-order chi connectivity index (χ1) is 10.0. The zero-order chi connectivity index (χ0) is 16.7. The van der Waals surface area contributed by atoms with Crippen molar-refractivity contribution in [1.29, 1.82) is 0 Å². The van der Waals surface area contributed by atoms with Crippen molar-refractivity contribution in [2.75, 3.05) is 4.72 Å². The molecule has 120 valence electrons. The lowest BCUT2D eigenvalue weighted by Crippen LogP contribution is -2.18. The van der Waals surface area contributed by atoms with E-state index in [0.29, 0.717) is 17.0 Å². The Bertz CT molecular complexity index is 779. The quantitative estimate of drug-likeness (QED) is 0.938. The van der Waals surface area contributed by atoms with Crippen molar-refractivity contribution < 1.29 is 12.8 Å². The second-order valence-corrected chi connectivity index (χ2v) is 8.04. The van der Waals surface area contributed by atoms with Gasteiger partial charge in [-0.2, -0.15) is 0 Å². The number of sulfonamides is 1. The topological polar surface area (TPSA) is 85.1 Å². The van der Waals surface area contributed by atoms with E-state index in [1.54, 1.807) is 20.8 Å². The highest BCUT2D eigenvalue weighted by Crippen LogP contribution is 2.29.